The van der Waals surface area contributed by atoms with E-state index in [4.69, 9.17) is 4.52 Å². The van der Waals surface area contributed by atoms with Gasteiger partial charge in [-0.2, -0.15) is 0 Å². The highest BCUT2D eigenvalue weighted by Gasteiger charge is 2.08. The van der Waals surface area contributed by atoms with Crippen LogP contribution in [-0.2, 0) is 0 Å². The Morgan fingerprint density at radius 2 is 1.94 bits per heavy atom. The molecule has 0 spiro atoms. The van der Waals surface area contributed by atoms with Crippen molar-refractivity contribution in [3.8, 4) is 0 Å². The molecule has 0 fully saturated rings. The van der Waals surface area contributed by atoms with E-state index in [0.29, 0.717) is 16.8 Å². The molecule has 5 heteroatoms. The molecule has 2 heterocycles. The van der Waals surface area contributed by atoms with Crippen LogP contribution in [-0.4, -0.2) is 10.1 Å². The Labute approximate surface area is 96.1 Å². The van der Waals surface area contributed by atoms with Crippen LogP contribution in [0.2, 0.25) is 0 Å². The zero-order valence-electron chi connectivity index (χ0n) is 8.72. The number of anilines is 2. The second kappa shape index (κ2) is 3.86. The standard InChI is InChI=1S/C12H8FN3O/c13-8-1-2-11-10(7-8)12(16-17-11)15-9-3-5-14-6-4-9/h1-7H,(H,14,15,16). The molecule has 0 amide bonds. The maximum atomic E-state index is 13.1. The lowest BCUT2D eigenvalue weighted by Gasteiger charge is -2.01. The maximum absolute atomic E-state index is 13.1. The minimum absolute atomic E-state index is 0.321. The van der Waals surface area contributed by atoms with Crippen LogP contribution in [0.3, 0.4) is 0 Å². The Hall–Kier alpha value is -2.43. The molecule has 0 bridgehead atoms. The minimum atomic E-state index is -0.321. The predicted octanol–water partition coefficient (Wildman–Crippen LogP) is 3.11. The maximum Gasteiger partial charge on any atom is 0.181 e. The molecule has 0 aliphatic rings. The summed E-state index contributed by atoms with van der Waals surface area (Å²) in [6.07, 6.45) is 3.32. The molecule has 0 radical (unpaired) electrons. The van der Waals surface area contributed by atoms with Crippen molar-refractivity contribution in [2.45, 2.75) is 0 Å². The Bertz CT molecular complexity index is 651. The fourth-order valence-electron chi connectivity index (χ4n) is 1.57. The summed E-state index contributed by atoms with van der Waals surface area (Å²) in [5, 5.41) is 7.51. The number of pyridine rings is 1. The molecule has 84 valence electrons. The lowest BCUT2D eigenvalue weighted by Crippen LogP contribution is -1.90. The zero-order valence-corrected chi connectivity index (χ0v) is 8.72. The van der Waals surface area contributed by atoms with Gasteiger partial charge in [0, 0.05) is 18.1 Å². The van der Waals surface area contributed by atoms with Gasteiger partial charge in [0.2, 0.25) is 0 Å². The molecule has 0 atom stereocenters. The molecule has 3 rings (SSSR count). The van der Waals surface area contributed by atoms with E-state index >= 15 is 0 Å². The van der Waals surface area contributed by atoms with Gasteiger partial charge in [0.05, 0.1) is 5.39 Å². The Balaban J connectivity index is 2.03. The van der Waals surface area contributed by atoms with Gasteiger partial charge < -0.3 is 9.84 Å². The number of nitrogens with zero attached hydrogens (tertiary/aromatic N) is 2. The topological polar surface area (TPSA) is 51.0 Å². The van der Waals surface area contributed by atoms with Crippen LogP contribution < -0.4 is 5.32 Å². The molecule has 0 aliphatic heterocycles. The SMILES string of the molecule is Fc1ccc2onc(Nc3ccncc3)c2c1. The van der Waals surface area contributed by atoms with Gasteiger partial charge in [-0.15, -0.1) is 0 Å². The first-order valence-electron chi connectivity index (χ1n) is 5.05. The van der Waals surface area contributed by atoms with Crippen molar-refractivity contribution in [1.82, 2.24) is 10.1 Å². The lowest BCUT2D eigenvalue weighted by atomic mass is 10.2. The number of hydrogen-bond donors (Lipinski definition) is 1. The zero-order chi connectivity index (χ0) is 11.7. The molecule has 0 saturated heterocycles. The quantitative estimate of drug-likeness (QED) is 0.733. The van der Waals surface area contributed by atoms with Gasteiger partial charge in [0.25, 0.3) is 0 Å². The molecule has 17 heavy (non-hydrogen) atoms. The highest BCUT2D eigenvalue weighted by molar-refractivity contribution is 5.89. The van der Waals surface area contributed by atoms with Crippen molar-refractivity contribution in [1.29, 1.82) is 0 Å². The lowest BCUT2D eigenvalue weighted by molar-refractivity contribution is 0.460. The molecular formula is C12H8FN3O. The van der Waals surface area contributed by atoms with Gasteiger partial charge >= 0.3 is 0 Å². The van der Waals surface area contributed by atoms with Gasteiger partial charge in [-0.3, -0.25) is 4.98 Å². The molecule has 1 aromatic carbocycles. The van der Waals surface area contributed by atoms with Crippen molar-refractivity contribution in [2.75, 3.05) is 5.32 Å². The van der Waals surface area contributed by atoms with Crippen molar-refractivity contribution in [3.05, 3.63) is 48.5 Å². The van der Waals surface area contributed by atoms with Crippen molar-refractivity contribution in [2.24, 2.45) is 0 Å². The second-order valence-electron chi connectivity index (χ2n) is 3.53. The monoisotopic (exact) mass is 229 g/mol. The summed E-state index contributed by atoms with van der Waals surface area (Å²) in [5.41, 5.74) is 1.36. The summed E-state index contributed by atoms with van der Waals surface area (Å²) in [6, 6.07) is 7.86. The smallest absolute Gasteiger partial charge is 0.181 e. The van der Waals surface area contributed by atoms with E-state index in [1.54, 1.807) is 30.6 Å². The number of benzene rings is 1. The molecule has 2 aromatic heterocycles. The number of fused-ring (bicyclic) bond motifs is 1. The van der Waals surface area contributed by atoms with Gasteiger partial charge in [0.1, 0.15) is 5.82 Å². The summed E-state index contributed by atoms with van der Waals surface area (Å²) in [6.45, 7) is 0. The van der Waals surface area contributed by atoms with Crippen LogP contribution in [0.25, 0.3) is 11.0 Å². The Kier molecular flexibility index (Phi) is 2.22. The van der Waals surface area contributed by atoms with Gasteiger partial charge in [-0.25, -0.2) is 4.39 Å². The molecule has 3 aromatic rings. The highest BCUT2D eigenvalue weighted by atomic mass is 19.1. The summed E-state index contributed by atoms with van der Waals surface area (Å²) in [4.78, 5) is 3.91. The van der Waals surface area contributed by atoms with Crippen molar-refractivity contribution < 1.29 is 8.91 Å². The predicted molar refractivity (Wildman–Crippen MR) is 61.5 cm³/mol. The Morgan fingerprint density at radius 3 is 2.76 bits per heavy atom. The van der Waals surface area contributed by atoms with Crippen LogP contribution in [0.15, 0.2) is 47.2 Å². The van der Waals surface area contributed by atoms with E-state index in [1.807, 2.05) is 0 Å². The van der Waals surface area contributed by atoms with Crippen molar-refractivity contribution >= 4 is 22.5 Å². The van der Waals surface area contributed by atoms with Crippen LogP contribution in [0.1, 0.15) is 0 Å². The first-order chi connectivity index (χ1) is 8.33. The first kappa shape index (κ1) is 9.77. The molecule has 0 aliphatic carbocycles. The van der Waals surface area contributed by atoms with E-state index in [1.165, 1.54) is 12.1 Å². The summed E-state index contributed by atoms with van der Waals surface area (Å²) in [5.74, 6) is 0.171. The average molecular weight is 229 g/mol. The first-order valence-corrected chi connectivity index (χ1v) is 5.05. The number of aromatic nitrogens is 2. The van der Waals surface area contributed by atoms with Crippen LogP contribution >= 0.6 is 0 Å². The molecule has 0 unspecified atom stereocenters. The molecular weight excluding hydrogens is 221 g/mol. The van der Waals surface area contributed by atoms with E-state index in [9.17, 15) is 4.39 Å². The number of halogens is 1. The van der Waals surface area contributed by atoms with E-state index in [0.717, 1.165) is 5.69 Å². The van der Waals surface area contributed by atoms with Crippen LogP contribution in [0.5, 0.6) is 0 Å². The summed E-state index contributed by atoms with van der Waals surface area (Å²) < 4.78 is 18.2. The van der Waals surface area contributed by atoms with Gasteiger partial charge in [0.15, 0.2) is 11.4 Å². The summed E-state index contributed by atoms with van der Waals surface area (Å²) in [7, 11) is 0. The molecule has 1 N–H and O–H groups in total. The number of rotatable bonds is 2. The number of nitrogens with one attached hydrogen (secondary N) is 1. The molecule has 0 saturated carbocycles. The third kappa shape index (κ3) is 1.82. The summed E-state index contributed by atoms with van der Waals surface area (Å²) >= 11 is 0. The fourth-order valence-corrected chi connectivity index (χ4v) is 1.57. The van der Waals surface area contributed by atoms with Crippen LogP contribution in [0, 0.1) is 5.82 Å². The van der Waals surface area contributed by atoms with Gasteiger partial charge in [-0.05, 0) is 30.3 Å². The Morgan fingerprint density at radius 1 is 1.12 bits per heavy atom. The molecule has 4 nitrogen and oxygen atoms in total. The fraction of sp³-hybridized carbons (Fsp3) is 0. The average Bonchev–Trinajstić information content (AvgIpc) is 2.73. The van der Waals surface area contributed by atoms with Crippen molar-refractivity contribution in [3.63, 3.8) is 0 Å². The highest BCUT2D eigenvalue weighted by Crippen LogP contribution is 2.25. The van der Waals surface area contributed by atoms with Gasteiger partial charge in [-0.1, -0.05) is 5.16 Å². The number of hydrogen-bond acceptors (Lipinski definition) is 4. The van der Waals surface area contributed by atoms with E-state index in [2.05, 4.69) is 15.5 Å². The van der Waals surface area contributed by atoms with E-state index < -0.39 is 0 Å². The third-order valence-electron chi connectivity index (χ3n) is 2.38. The third-order valence-corrected chi connectivity index (χ3v) is 2.38. The van der Waals surface area contributed by atoms with E-state index in [-0.39, 0.29) is 5.82 Å². The largest absolute Gasteiger partial charge is 0.354 e. The second-order valence-corrected chi connectivity index (χ2v) is 3.53. The van der Waals surface area contributed by atoms with Crippen LogP contribution in [0.4, 0.5) is 15.9 Å². The normalized spacial score (nSPS) is 10.6. The minimum Gasteiger partial charge on any atom is -0.354 e.